The second-order valence-electron chi connectivity index (χ2n) is 5.49. The van der Waals surface area contributed by atoms with Crippen LogP contribution in [-0.2, 0) is 9.53 Å². The summed E-state index contributed by atoms with van der Waals surface area (Å²) in [6.45, 7) is 5.90. The number of aryl methyl sites for hydroxylation is 1. The molecule has 0 amide bonds. The van der Waals surface area contributed by atoms with Crippen LogP contribution < -0.4 is 0 Å². The summed E-state index contributed by atoms with van der Waals surface area (Å²) in [5.41, 5.74) is 1.75. The molecule has 1 aromatic rings. The highest BCUT2D eigenvalue weighted by Crippen LogP contribution is 2.38. The monoisotopic (exact) mass is 249 g/mol. The summed E-state index contributed by atoms with van der Waals surface area (Å²) in [5.74, 6) is -0.193. The Hall–Kier alpha value is -1.35. The molecule has 100 valence electrons. The van der Waals surface area contributed by atoms with Crippen LogP contribution in [0.25, 0.3) is 0 Å². The van der Waals surface area contributed by atoms with E-state index in [-0.39, 0.29) is 12.0 Å². The summed E-state index contributed by atoms with van der Waals surface area (Å²) in [4.78, 5) is 14.0. The van der Waals surface area contributed by atoms with Gasteiger partial charge in [-0.05, 0) is 40.4 Å². The van der Waals surface area contributed by atoms with E-state index in [2.05, 4.69) is 36.1 Å². The van der Waals surface area contributed by atoms with Gasteiger partial charge >= 0.3 is 5.97 Å². The second kappa shape index (κ2) is 5.53. The van der Waals surface area contributed by atoms with Crippen molar-refractivity contribution in [3.63, 3.8) is 0 Å². The lowest BCUT2D eigenvalue weighted by Crippen LogP contribution is -2.40. The van der Waals surface area contributed by atoms with Gasteiger partial charge in [-0.15, -0.1) is 0 Å². The number of esters is 1. The van der Waals surface area contributed by atoms with Crippen LogP contribution in [0.5, 0.6) is 0 Å². The van der Waals surface area contributed by atoms with Crippen LogP contribution in [0, 0.1) is 12.3 Å². The van der Waals surface area contributed by atoms with Crippen molar-refractivity contribution in [1.29, 1.82) is 0 Å². The predicted molar refractivity (Wildman–Crippen MR) is 73.4 cm³/mol. The maximum atomic E-state index is 12.0. The SMILES string of the molecule is COC(=O)C(C)(C)C(c1ccc(C)cc1)N(C)C. The lowest BCUT2D eigenvalue weighted by atomic mass is 9.79. The summed E-state index contributed by atoms with van der Waals surface area (Å²) >= 11 is 0. The molecular formula is C15H23NO2. The van der Waals surface area contributed by atoms with E-state index in [0.29, 0.717) is 0 Å². The van der Waals surface area contributed by atoms with Crippen LogP contribution in [-0.4, -0.2) is 32.1 Å². The first kappa shape index (κ1) is 14.7. The van der Waals surface area contributed by atoms with Crippen molar-refractivity contribution in [1.82, 2.24) is 4.90 Å². The number of nitrogens with zero attached hydrogens (tertiary/aromatic N) is 1. The Balaban J connectivity index is 3.18. The molecular weight excluding hydrogens is 226 g/mol. The second-order valence-corrected chi connectivity index (χ2v) is 5.49. The first-order chi connectivity index (χ1) is 8.30. The Bertz CT molecular complexity index is 407. The Morgan fingerprint density at radius 2 is 1.72 bits per heavy atom. The van der Waals surface area contributed by atoms with Crippen LogP contribution in [0.4, 0.5) is 0 Å². The molecule has 1 aromatic carbocycles. The molecule has 1 atom stereocenters. The fourth-order valence-electron chi connectivity index (χ4n) is 2.48. The van der Waals surface area contributed by atoms with Crippen molar-refractivity contribution in [3.8, 4) is 0 Å². The van der Waals surface area contributed by atoms with Crippen molar-refractivity contribution in [2.24, 2.45) is 5.41 Å². The number of rotatable bonds is 4. The lowest BCUT2D eigenvalue weighted by molar-refractivity contribution is -0.154. The summed E-state index contributed by atoms with van der Waals surface area (Å²) in [6.07, 6.45) is 0. The smallest absolute Gasteiger partial charge is 0.313 e. The molecule has 0 saturated carbocycles. The van der Waals surface area contributed by atoms with Crippen LogP contribution in [0.3, 0.4) is 0 Å². The summed E-state index contributed by atoms with van der Waals surface area (Å²) < 4.78 is 4.93. The quantitative estimate of drug-likeness (QED) is 0.768. The highest BCUT2D eigenvalue weighted by atomic mass is 16.5. The van der Waals surface area contributed by atoms with Gasteiger partial charge in [-0.3, -0.25) is 4.79 Å². The Morgan fingerprint density at radius 1 is 1.22 bits per heavy atom. The van der Waals surface area contributed by atoms with Crippen LogP contribution in [0.15, 0.2) is 24.3 Å². The number of ether oxygens (including phenoxy) is 1. The molecule has 0 aromatic heterocycles. The van der Waals surface area contributed by atoms with Gasteiger partial charge in [0.2, 0.25) is 0 Å². The Labute approximate surface area is 110 Å². The zero-order valence-corrected chi connectivity index (χ0v) is 12.2. The molecule has 0 aliphatic carbocycles. The van der Waals surface area contributed by atoms with Gasteiger partial charge in [0.05, 0.1) is 12.5 Å². The molecule has 3 nitrogen and oxygen atoms in total. The third-order valence-electron chi connectivity index (χ3n) is 3.30. The number of carbonyl (C=O) groups is 1. The summed E-state index contributed by atoms with van der Waals surface area (Å²) in [7, 11) is 5.40. The fourth-order valence-corrected chi connectivity index (χ4v) is 2.48. The number of methoxy groups -OCH3 is 1. The largest absolute Gasteiger partial charge is 0.469 e. The average molecular weight is 249 g/mol. The highest BCUT2D eigenvalue weighted by molar-refractivity contribution is 5.77. The van der Waals surface area contributed by atoms with Gasteiger partial charge in [0, 0.05) is 6.04 Å². The molecule has 0 aliphatic heterocycles. The molecule has 18 heavy (non-hydrogen) atoms. The predicted octanol–water partition coefficient (Wildman–Crippen LogP) is 2.80. The number of benzene rings is 1. The van der Waals surface area contributed by atoms with E-state index in [4.69, 9.17) is 4.74 Å². The zero-order valence-electron chi connectivity index (χ0n) is 12.2. The third-order valence-corrected chi connectivity index (χ3v) is 3.30. The number of hydrogen-bond acceptors (Lipinski definition) is 3. The topological polar surface area (TPSA) is 29.5 Å². The minimum Gasteiger partial charge on any atom is -0.469 e. The first-order valence-corrected chi connectivity index (χ1v) is 6.12. The van der Waals surface area contributed by atoms with Crippen molar-refractivity contribution in [3.05, 3.63) is 35.4 Å². The van der Waals surface area contributed by atoms with Crippen LogP contribution in [0.1, 0.15) is 31.0 Å². The molecule has 1 unspecified atom stereocenters. The zero-order chi connectivity index (χ0) is 13.9. The van der Waals surface area contributed by atoms with Crippen molar-refractivity contribution in [2.45, 2.75) is 26.8 Å². The van der Waals surface area contributed by atoms with E-state index in [1.807, 2.05) is 27.9 Å². The summed E-state index contributed by atoms with van der Waals surface area (Å²) in [6, 6.07) is 8.28. The van der Waals surface area contributed by atoms with E-state index in [0.717, 1.165) is 5.56 Å². The molecule has 0 bridgehead atoms. The van der Waals surface area contributed by atoms with Crippen LogP contribution in [0.2, 0.25) is 0 Å². The van der Waals surface area contributed by atoms with Crippen molar-refractivity contribution < 1.29 is 9.53 Å². The lowest BCUT2D eigenvalue weighted by Gasteiger charge is -2.36. The van der Waals surface area contributed by atoms with E-state index in [1.54, 1.807) is 0 Å². The maximum Gasteiger partial charge on any atom is 0.313 e. The van der Waals surface area contributed by atoms with Crippen LogP contribution >= 0.6 is 0 Å². The van der Waals surface area contributed by atoms with Gasteiger partial charge in [-0.2, -0.15) is 0 Å². The highest BCUT2D eigenvalue weighted by Gasteiger charge is 2.40. The molecule has 0 saturated heterocycles. The maximum absolute atomic E-state index is 12.0. The average Bonchev–Trinajstić information content (AvgIpc) is 2.30. The first-order valence-electron chi connectivity index (χ1n) is 6.12. The molecule has 0 aliphatic rings. The minimum atomic E-state index is -0.590. The van der Waals surface area contributed by atoms with Gasteiger partial charge in [-0.25, -0.2) is 0 Å². The van der Waals surface area contributed by atoms with E-state index in [9.17, 15) is 4.79 Å². The minimum absolute atomic E-state index is 0.00875. The molecule has 0 spiro atoms. The molecule has 1 rings (SSSR count). The number of hydrogen-bond donors (Lipinski definition) is 0. The van der Waals surface area contributed by atoms with E-state index < -0.39 is 5.41 Å². The Morgan fingerprint density at radius 3 is 2.11 bits per heavy atom. The molecule has 0 heterocycles. The standard InChI is InChI=1S/C15H23NO2/c1-11-7-9-12(10-8-11)13(16(4)5)15(2,3)14(17)18-6/h7-10,13H,1-6H3. The third kappa shape index (κ3) is 2.91. The molecule has 0 fully saturated rings. The molecule has 0 radical (unpaired) electrons. The number of carbonyl (C=O) groups excluding carboxylic acids is 1. The van der Waals surface area contributed by atoms with Gasteiger partial charge < -0.3 is 9.64 Å². The summed E-state index contributed by atoms with van der Waals surface area (Å²) in [5, 5.41) is 0. The van der Waals surface area contributed by atoms with Gasteiger partial charge in [0.25, 0.3) is 0 Å². The molecule has 3 heteroatoms. The van der Waals surface area contributed by atoms with Gasteiger partial charge in [0.1, 0.15) is 0 Å². The fraction of sp³-hybridized carbons (Fsp3) is 0.533. The van der Waals surface area contributed by atoms with E-state index >= 15 is 0 Å². The Kier molecular flexibility index (Phi) is 4.52. The van der Waals surface area contributed by atoms with Gasteiger partial charge in [-0.1, -0.05) is 29.8 Å². The van der Waals surface area contributed by atoms with Crippen molar-refractivity contribution in [2.75, 3.05) is 21.2 Å². The normalized spacial score (nSPS) is 13.5. The van der Waals surface area contributed by atoms with E-state index in [1.165, 1.54) is 12.7 Å². The molecule has 0 N–H and O–H groups in total. The van der Waals surface area contributed by atoms with Crippen molar-refractivity contribution >= 4 is 5.97 Å². The van der Waals surface area contributed by atoms with Gasteiger partial charge in [0.15, 0.2) is 0 Å².